The molecule has 0 saturated heterocycles. The van der Waals surface area contributed by atoms with Gasteiger partial charge in [0, 0.05) is 23.8 Å². The number of rotatable bonds is 8. The van der Waals surface area contributed by atoms with Gasteiger partial charge in [-0.15, -0.1) is 0 Å². The van der Waals surface area contributed by atoms with Crippen molar-refractivity contribution < 1.29 is 14.3 Å². The number of carbonyl (C=O) groups is 1. The second kappa shape index (κ2) is 8.54. The molecule has 0 spiro atoms. The van der Waals surface area contributed by atoms with Gasteiger partial charge in [-0.1, -0.05) is 6.07 Å². The molecule has 1 aromatic carbocycles. The fraction of sp³-hybridized carbons (Fsp3) is 0.400. The minimum atomic E-state index is -0.0233. The van der Waals surface area contributed by atoms with Crippen LogP contribution in [0, 0.1) is 5.92 Å². The summed E-state index contributed by atoms with van der Waals surface area (Å²) >= 11 is 3.44. The number of methoxy groups -OCH3 is 2. The van der Waals surface area contributed by atoms with Crippen molar-refractivity contribution in [2.45, 2.75) is 19.3 Å². The lowest BCUT2D eigenvalue weighted by Gasteiger charge is -2.23. The fourth-order valence-corrected chi connectivity index (χ4v) is 3.31. The number of benzene rings is 1. The molecule has 0 radical (unpaired) electrons. The average Bonchev–Trinajstić information content (AvgIpc) is 3.48. The van der Waals surface area contributed by atoms with Gasteiger partial charge in [-0.05, 0) is 70.9 Å². The van der Waals surface area contributed by atoms with Crippen LogP contribution < -0.4 is 9.47 Å². The second-order valence-corrected chi connectivity index (χ2v) is 7.32. The van der Waals surface area contributed by atoms with E-state index in [1.165, 1.54) is 12.8 Å². The highest BCUT2D eigenvalue weighted by Gasteiger charge is 2.28. The Bertz CT molecular complexity index is 777. The molecule has 1 amide bonds. The Labute approximate surface area is 162 Å². The Kier molecular flexibility index (Phi) is 6.14. The monoisotopic (exact) mass is 418 g/mol. The van der Waals surface area contributed by atoms with E-state index in [-0.39, 0.29) is 5.91 Å². The summed E-state index contributed by atoms with van der Waals surface area (Å²) in [5, 5.41) is 0. The molecule has 3 rings (SSSR count). The Morgan fingerprint density at radius 3 is 2.65 bits per heavy atom. The lowest BCUT2D eigenvalue weighted by atomic mass is 10.1. The topological polar surface area (TPSA) is 51.7 Å². The van der Waals surface area contributed by atoms with Crippen molar-refractivity contribution in [2.75, 3.05) is 27.3 Å². The van der Waals surface area contributed by atoms with Crippen molar-refractivity contribution in [1.29, 1.82) is 0 Å². The number of nitrogens with zero attached hydrogens (tertiary/aromatic N) is 2. The van der Waals surface area contributed by atoms with E-state index in [9.17, 15) is 4.79 Å². The van der Waals surface area contributed by atoms with Crippen LogP contribution in [0.25, 0.3) is 0 Å². The van der Waals surface area contributed by atoms with Gasteiger partial charge >= 0.3 is 0 Å². The van der Waals surface area contributed by atoms with Crippen LogP contribution in [0.5, 0.6) is 11.5 Å². The number of pyridine rings is 1. The SMILES string of the molecule is COc1ccc(CCN(CC2CC2)C(=O)c2ncccc2Br)cc1OC. The first kappa shape index (κ1) is 18.7. The molecule has 138 valence electrons. The van der Waals surface area contributed by atoms with Crippen molar-refractivity contribution in [3.63, 3.8) is 0 Å². The number of hydrogen-bond donors (Lipinski definition) is 0. The summed E-state index contributed by atoms with van der Waals surface area (Å²) in [5.74, 6) is 2.01. The van der Waals surface area contributed by atoms with Crippen molar-refractivity contribution in [2.24, 2.45) is 5.92 Å². The Hall–Kier alpha value is -2.08. The maximum absolute atomic E-state index is 13.0. The van der Waals surface area contributed by atoms with Crippen molar-refractivity contribution in [3.05, 3.63) is 52.3 Å². The Balaban J connectivity index is 1.73. The van der Waals surface area contributed by atoms with E-state index < -0.39 is 0 Å². The first-order valence-electron chi connectivity index (χ1n) is 8.73. The van der Waals surface area contributed by atoms with Gasteiger partial charge < -0.3 is 14.4 Å². The number of carbonyl (C=O) groups excluding carboxylic acids is 1. The van der Waals surface area contributed by atoms with E-state index in [4.69, 9.17) is 9.47 Å². The minimum absolute atomic E-state index is 0.0233. The molecule has 0 N–H and O–H groups in total. The Morgan fingerprint density at radius 1 is 1.23 bits per heavy atom. The van der Waals surface area contributed by atoms with Gasteiger partial charge in [0.05, 0.1) is 14.2 Å². The van der Waals surface area contributed by atoms with Crippen molar-refractivity contribution in [1.82, 2.24) is 9.88 Å². The van der Waals surface area contributed by atoms with E-state index in [0.29, 0.717) is 29.7 Å². The molecule has 26 heavy (non-hydrogen) atoms. The van der Waals surface area contributed by atoms with Crippen molar-refractivity contribution >= 4 is 21.8 Å². The average molecular weight is 419 g/mol. The molecule has 0 aliphatic heterocycles. The lowest BCUT2D eigenvalue weighted by Crippen LogP contribution is -2.35. The molecular formula is C20H23BrN2O3. The van der Waals surface area contributed by atoms with Crippen LogP contribution in [-0.4, -0.2) is 43.1 Å². The third-order valence-corrected chi connectivity index (χ3v) is 5.18. The molecular weight excluding hydrogens is 396 g/mol. The highest BCUT2D eigenvalue weighted by molar-refractivity contribution is 9.10. The van der Waals surface area contributed by atoms with Gasteiger partial charge in [0.1, 0.15) is 5.69 Å². The van der Waals surface area contributed by atoms with E-state index in [0.717, 1.165) is 23.0 Å². The molecule has 0 atom stereocenters. The summed E-state index contributed by atoms with van der Waals surface area (Å²) in [6.45, 7) is 1.43. The highest BCUT2D eigenvalue weighted by Crippen LogP contribution is 2.31. The lowest BCUT2D eigenvalue weighted by molar-refractivity contribution is 0.0742. The zero-order chi connectivity index (χ0) is 18.5. The maximum Gasteiger partial charge on any atom is 0.273 e. The molecule has 0 unspecified atom stereocenters. The third kappa shape index (κ3) is 4.55. The van der Waals surface area contributed by atoms with E-state index in [1.807, 2.05) is 35.2 Å². The second-order valence-electron chi connectivity index (χ2n) is 6.47. The maximum atomic E-state index is 13.0. The van der Waals surface area contributed by atoms with Crippen LogP contribution in [0.1, 0.15) is 28.9 Å². The van der Waals surface area contributed by atoms with Crippen LogP contribution in [0.15, 0.2) is 41.0 Å². The molecule has 6 heteroatoms. The summed E-state index contributed by atoms with van der Waals surface area (Å²) in [5.41, 5.74) is 1.58. The van der Waals surface area contributed by atoms with E-state index in [1.54, 1.807) is 20.4 Å². The van der Waals surface area contributed by atoms with Gasteiger partial charge in [0.2, 0.25) is 0 Å². The first-order chi connectivity index (χ1) is 12.6. The third-order valence-electron chi connectivity index (χ3n) is 4.54. The van der Waals surface area contributed by atoms with Gasteiger partial charge in [-0.25, -0.2) is 4.98 Å². The molecule has 1 saturated carbocycles. The smallest absolute Gasteiger partial charge is 0.273 e. The van der Waals surface area contributed by atoms with Gasteiger partial charge in [-0.2, -0.15) is 0 Å². The number of hydrogen-bond acceptors (Lipinski definition) is 4. The molecule has 1 fully saturated rings. The number of halogens is 1. The zero-order valence-electron chi connectivity index (χ0n) is 15.1. The summed E-state index contributed by atoms with van der Waals surface area (Å²) in [4.78, 5) is 19.1. The normalized spacial score (nSPS) is 13.3. The van der Waals surface area contributed by atoms with Gasteiger partial charge in [0.15, 0.2) is 11.5 Å². The minimum Gasteiger partial charge on any atom is -0.493 e. The highest BCUT2D eigenvalue weighted by atomic mass is 79.9. The van der Waals surface area contributed by atoms with Crippen LogP contribution in [0.4, 0.5) is 0 Å². The summed E-state index contributed by atoms with van der Waals surface area (Å²) in [6, 6.07) is 9.54. The predicted molar refractivity (Wildman–Crippen MR) is 104 cm³/mol. The molecule has 1 heterocycles. The number of amides is 1. The van der Waals surface area contributed by atoms with E-state index >= 15 is 0 Å². The van der Waals surface area contributed by atoms with Gasteiger partial charge in [0.25, 0.3) is 5.91 Å². The van der Waals surface area contributed by atoms with Crippen LogP contribution in [0.3, 0.4) is 0 Å². The first-order valence-corrected chi connectivity index (χ1v) is 9.52. The molecule has 1 aliphatic carbocycles. The summed E-state index contributed by atoms with van der Waals surface area (Å²) in [7, 11) is 3.25. The van der Waals surface area contributed by atoms with Gasteiger partial charge in [-0.3, -0.25) is 4.79 Å². The Morgan fingerprint density at radius 2 is 2.00 bits per heavy atom. The quantitative estimate of drug-likeness (QED) is 0.650. The molecule has 0 bridgehead atoms. The number of aromatic nitrogens is 1. The summed E-state index contributed by atoms with van der Waals surface area (Å²) in [6.07, 6.45) is 4.80. The molecule has 5 nitrogen and oxygen atoms in total. The number of ether oxygens (including phenoxy) is 2. The van der Waals surface area contributed by atoms with Crippen LogP contribution in [-0.2, 0) is 6.42 Å². The van der Waals surface area contributed by atoms with Crippen LogP contribution in [0.2, 0.25) is 0 Å². The fourth-order valence-electron chi connectivity index (χ4n) is 2.88. The molecule has 1 aliphatic rings. The standard InChI is InChI=1S/C20H23BrN2O3/c1-25-17-8-7-14(12-18(17)26-2)9-11-23(13-15-5-6-15)20(24)19-16(21)4-3-10-22-19/h3-4,7-8,10,12,15H,5-6,9,11,13H2,1-2H3. The molecule has 2 aromatic rings. The van der Waals surface area contributed by atoms with E-state index in [2.05, 4.69) is 20.9 Å². The van der Waals surface area contributed by atoms with Crippen molar-refractivity contribution in [3.8, 4) is 11.5 Å². The predicted octanol–water partition coefficient (Wildman–Crippen LogP) is 3.96. The van der Waals surface area contributed by atoms with Crippen LogP contribution >= 0.6 is 15.9 Å². The summed E-state index contributed by atoms with van der Waals surface area (Å²) < 4.78 is 11.4. The zero-order valence-corrected chi connectivity index (χ0v) is 16.7. The molecule has 1 aromatic heterocycles. The largest absolute Gasteiger partial charge is 0.493 e.